The van der Waals surface area contributed by atoms with Crippen LogP contribution in [0, 0.1) is 11.8 Å². The number of nitrogens with one attached hydrogen (secondary N) is 1. The molecule has 2 aliphatic carbocycles. The molecule has 0 radical (unpaired) electrons. The van der Waals surface area contributed by atoms with E-state index in [-0.39, 0.29) is 5.97 Å². The molecular formula is C14H26N2O2. The molecule has 0 aromatic carbocycles. The molecule has 2 fully saturated rings. The lowest BCUT2D eigenvalue weighted by atomic mass is 10.0. The fourth-order valence-electron chi connectivity index (χ4n) is 2.45. The van der Waals surface area contributed by atoms with Crippen LogP contribution in [0.5, 0.6) is 0 Å². The summed E-state index contributed by atoms with van der Waals surface area (Å²) in [5, 5.41) is 3.13. The van der Waals surface area contributed by atoms with Crippen LogP contribution in [0.2, 0.25) is 0 Å². The number of nitrogens with zero attached hydrogens (tertiary/aromatic N) is 1. The van der Waals surface area contributed by atoms with Crippen molar-refractivity contribution in [1.29, 1.82) is 0 Å². The maximum Gasteiger partial charge on any atom is 0.327 e. The Hall–Kier alpha value is -0.610. The lowest BCUT2D eigenvalue weighted by Crippen LogP contribution is -2.56. The van der Waals surface area contributed by atoms with Crippen molar-refractivity contribution in [3.05, 3.63) is 0 Å². The molecule has 18 heavy (non-hydrogen) atoms. The normalized spacial score (nSPS) is 22.9. The maximum atomic E-state index is 11.9. The first kappa shape index (κ1) is 13.8. The van der Waals surface area contributed by atoms with Gasteiger partial charge in [0, 0.05) is 19.6 Å². The monoisotopic (exact) mass is 254 g/mol. The lowest BCUT2D eigenvalue weighted by molar-refractivity contribution is -0.148. The molecular weight excluding hydrogens is 228 g/mol. The molecule has 1 atom stereocenters. The summed E-state index contributed by atoms with van der Waals surface area (Å²) in [7, 11) is 3.30. The Labute approximate surface area is 110 Å². The van der Waals surface area contributed by atoms with Crippen LogP contribution in [0.3, 0.4) is 0 Å². The van der Waals surface area contributed by atoms with E-state index < -0.39 is 5.54 Å². The molecule has 2 saturated carbocycles. The molecule has 2 rings (SSSR count). The quantitative estimate of drug-likeness (QED) is 0.662. The highest BCUT2D eigenvalue weighted by Gasteiger charge is 2.37. The van der Waals surface area contributed by atoms with E-state index in [1.54, 1.807) is 0 Å². The van der Waals surface area contributed by atoms with Crippen molar-refractivity contribution in [3.8, 4) is 0 Å². The van der Waals surface area contributed by atoms with Gasteiger partial charge in [0.25, 0.3) is 0 Å². The zero-order valence-corrected chi connectivity index (χ0v) is 11.9. The Kier molecular flexibility index (Phi) is 4.28. The van der Waals surface area contributed by atoms with Crippen molar-refractivity contribution in [2.24, 2.45) is 11.8 Å². The van der Waals surface area contributed by atoms with Crippen LogP contribution in [0.1, 0.15) is 32.6 Å². The predicted molar refractivity (Wildman–Crippen MR) is 71.4 cm³/mol. The van der Waals surface area contributed by atoms with Crippen molar-refractivity contribution in [3.63, 3.8) is 0 Å². The Bertz CT molecular complexity index is 286. The van der Waals surface area contributed by atoms with Crippen LogP contribution in [-0.2, 0) is 9.53 Å². The molecule has 1 unspecified atom stereocenters. The number of carbonyl (C=O) groups is 1. The number of esters is 1. The molecule has 104 valence electrons. The van der Waals surface area contributed by atoms with Gasteiger partial charge in [0.05, 0.1) is 7.11 Å². The predicted octanol–water partition coefficient (Wildman–Crippen LogP) is 1.26. The molecule has 4 nitrogen and oxygen atoms in total. The second-order valence-corrected chi connectivity index (χ2v) is 6.15. The molecule has 0 heterocycles. The van der Waals surface area contributed by atoms with Crippen LogP contribution >= 0.6 is 0 Å². The van der Waals surface area contributed by atoms with E-state index >= 15 is 0 Å². The van der Waals surface area contributed by atoms with Gasteiger partial charge in [-0.25, -0.2) is 0 Å². The maximum absolute atomic E-state index is 11.9. The summed E-state index contributed by atoms with van der Waals surface area (Å²) in [4.78, 5) is 14.4. The average Bonchev–Trinajstić information content (AvgIpc) is 3.23. The van der Waals surface area contributed by atoms with Gasteiger partial charge in [-0.15, -0.1) is 0 Å². The van der Waals surface area contributed by atoms with E-state index in [2.05, 4.69) is 10.2 Å². The first-order valence-corrected chi connectivity index (χ1v) is 7.07. The van der Waals surface area contributed by atoms with Crippen LogP contribution in [-0.4, -0.2) is 50.2 Å². The lowest BCUT2D eigenvalue weighted by Gasteiger charge is -2.33. The minimum atomic E-state index is -0.585. The Morgan fingerprint density at radius 3 is 2.11 bits per heavy atom. The molecule has 0 amide bonds. The minimum Gasteiger partial charge on any atom is -0.468 e. The molecule has 0 aliphatic heterocycles. The fourth-order valence-corrected chi connectivity index (χ4v) is 2.45. The van der Waals surface area contributed by atoms with E-state index in [0.29, 0.717) is 0 Å². The molecule has 1 N–H and O–H groups in total. The van der Waals surface area contributed by atoms with Gasteiger partial charge in [0.15, 0.2) is 0 Å². The SMILES string of the molecule is CNC(C)(CN(CC1CC1)CC1CC1)C(=O)OC. The summed E-state index contributed by atoms with van der Waals surface area (Å²) in [6.07, 6.45) is 5.43. The van der Waals surface area contributed by atoms with Crippen molar-refractivity contribution < 1.29 is 9.53 Å². The molecule has 4 heteroatoms. The van der Waals surface area contributed by atoms with Crippen molar-refractivity contribution in [2.75, 3.05) is 33.8 Å². The highest BCUT2D eigenvalue weighted by molar-refractivity contribution is 5.80. The fraction of sp³-hybridized carbons (Fsp3) is 0.929. The summed E-state index contributed by atoms with van der Waals surface area (Å²) in [5.74, 6) is 1.56. The number of rotatable bonds is 8. The van der Waals surface area contributed by atoms with E-state index in [9.17, 15) is 4.79 Å². The number of methoxy groups -OCH3 is 1. The largest absolute Gasteiger partial charge is 0.468 e. The van der Waals surface area contributed by atoms with Gasteiger partial charge >= 0.3 is 5.97 Å². The third-order valence-corrected chi connectivity index (χ3v) is 4.15. The summed E-state index contributed by atoms with van der Waals surface area (Å²) in [6, 6.07) is 0. The van der Waals surface area contributed by atoms with E-state index in [4.69, 9.17) is 4.74 Å². The number of hydrogen-bond donors (Lipinski definition) is 1. The molecule has 0 saturated heterocycles. The molecule has 0 aromatic heterocycles. The highest BCUT2D eigenvalue weighted by atomic mass is 16.5. The molecule has 2 aliphatic rings. The minimum absolute atomic E-state index is 0.165. The molecule has 0 bridgehead atoms. The van der Waals surface area contributed by atoms with Gasteiger partial charge in [-0.2, -0.15) is 0 Å². The van der Waals surface area contributed by atoms with Gasteiger partial charge in [-0.05, 0) is 51.5 Å². The zero-order valence-electron chi connectivity index (χ0n) is 11.9. The summed E-state index contributed by atoms with van der Waals surface area (Å²) >= 11 is 0. The van der Waals surface area contributed by atoms with Crippen LogP contribution in [0.25, 0.3) is 0 Å². The molecule has 0 spiro atoms. The molecule has 0 aromatic rings. The second kappa shape index (κ2) is 5.57. The number of ether oxygens (including phenoxy) is 1. The first-order valence-electron chi connectivity index (χ1n) is 7.07. The summed E-state index contributed by atoms with van der Waals surface area (Å²) in [5.41, 5.74) is -0.585. The first-order chi connectivity index (χ1) is 8.57. The third kappa shape index (κ3) is 3.69. The second-order valence-electron chi connectivity index (χ2n) is 6.15. The standard InChI is InChI=1S/C14H26N2O2/c1-14(15-2,13(17)18-3)10-16(8-11-4-5-11)9-12-6-7-12/h11-12,15H,4-10H2,1-3H3. The van der Waals surface area contributed by atoms with Gasteiger partial charge in [0.2, 0.25) is 0 Å². The van der Waals surface area contributed by atoms with Crippen molar-refractivity contribution in [2.45, 2.75) is 38.1 Å². The van der Waals surface area contributed by atoms with Crippen LogP contribution < -0.4 is 5.32 Å². The van der Waals surface area contributed by atoms with Crippen molar-refractivity contribution in [1.82, 2.24) is 10.2 Å². The van der Waals surface area contributed by atoms with Crippen LogP contribution in [0.15, 0.2) is 0 Å². The number of hydrogen-bond acceptors (Lipinski definition) is 4. The Morgan fingerprint density at radius 1 is 1.28 bits per heavy atom. The zero-order chi connectivity index (χ0) is 13.2. The van der Waals surface area contributed by atoms with Gasteiger partial charge < -0.3 is 15.0 Å². The number of likely N-dealkylation sites (N-methyl/N-ethyl adjacent to an activating group) is 1. The van der Waals surface area contributed by atoms with Crippen LogP contribution in [0.4, 0.5) is 0 Å². The topological polar surface area (TPSA) is 41.6 Å². The summed E-state index contributed by atoms with van der Waals surface area (Å²) < 4.78 is 4.92. The van der Waals surface area contributed by atoms with Gasteiger partial charge in [0.1, 0.15) is 5.54 Å². The highest BCUT2D eigenvalue weighted by Crippen LogP contribution is 2.34. The Morgan fingerprint density at radius 2 is 1.78 bits per heavy atom. The third-order valence-electron chi connectivity index (χ3n) is 4.15. The van der Waals surface area contributed by atoms with E-state index in [1.165, 1.54) is 32.8 Å². The average molecular weight is 254 g/mol. The van der Waals surface area contributed by atoms with Crippen molar-refractivity contribution >= 4 is 5.97 Å². The van der Waals surface area contributed by atoms with Gasteiger partial charge in [-0.3, -0.25) is 4.79 Å². The Balaban J connectivity index is 1.92. The van der Waals surface area contributed by atoms with E-state index in [0.717, 1.165) is 31.5 Å². The number of carbonyl (C=O) groups excluding carboxylic acids is 1. The smallest absolute Gasteiger partial charge is 0.327 e. The summed E-state index contributed by atoms with van der Waals surface area (Å²) in [6.45, 7) is 4.98. The van der Waals surface area contributed by atoms with E-state index in [1.807, 2.05) is 14.0 Å². The van der Waals surface area contributed by atoms with Gasteiger partial charge in [-0.1, -0.05) is 0 Å².